The number of aromatic nitrogens is 2. The molecule has 2 aliphatic heterocycles. The highest BCUT2D eigenvalue weighted by Crippen LogP contribution is 2.48. The molecule has 46 heavy (non-hydrogen) atoms. The maximum absolute atomic E-state index is 14.4. The maximum atomic E-state index is 14.4. The summed E-state index contributed by atoms with van der Waals surface area (Å²) in [6.45, 7) is 8.13. The van der Waals surface area contributed by atoms with Crippen molar-refractivity contribution < 1.29 is 18.3 Å². The first-order valence-corrected chi connectivity index (χ1v) is 17.0. The van der Waals surface area contributed by atoms with Crippen LogP contribution in [0.3, 0.4) is 0 Å². The first-order valence-electron chi connectivity index (χ1n) is 17.0. The molecule has 3 fully saturated rings. The Morgan fingerprint density at radius 1 is 1.09 bits per heavy atom. The molecule has 0 spiro atoms. The van der Waals surface area contributed by atoms with Crippen LogP contribution in [0.25, 0.3) is 11.2 Å². The number of benzene rings is 1. The molecular formula is C35H49F3N6O2. The van der Waals surface area contributed by atoms with Crippen LogP contribution in [0.1, 0.15) is 88.3 Å². The minimum Gasteiger partial charge on any atom is -0.393 e. The summed E-state index contributed by atoms with van der Waals surface area (Å²) in [4.78, 5) is 18.2. The number of nitrogens with one attached hydrogen (secondary N) is 1. The monoisotopic (exact) mass is 642 g/mol. The standard InChI is InChI=1S/C35H49F3N6O2/c1-4-5-6-7-8-15-42-24-40(3)32(39-42)34(18-29(45)19-34)27-12-9-13-28(17-27)43-23-31-30(35(36,37)38)16-26(22-44(31)33(43)46)21-41-14-10-11-25(2)20-41/h9,12-13,16-17,22-23,25,29,32,39,45H,4-8,10-11,14-15,18-21,24H2,1-3H3/t25-,29?,32?,34?/m0/s1. The number of aliphatic hydroxyl groups excluding tert-OH is 1. The summed E-state index contributed by atoms with van der Waals surface area (Å²) in [7, 11) is 2.08. The molecule has 2 aromatic heterocycles. The summed E-state index contributed by atoms with van der Waals surface area (Å²) in [6, 6.07) is 8.76. The van der Waals surface area contributed by atoms with E-state index in [1.807, 2.05) is 18.2 Å². The lowest BCUT2D eigenvalue weighted by Crippen LogP contribution is -2.61. The third kappa shape index (κ3) is 6.67. The molecular weight excluding hydrogens is 593 g/mol. The number of likely N-dealkylation sites (tertiary alicyclic amines) is 1. The maximum Gasteiger partial charge on any atom is 0.418 e. The van der Waals surface area contributed by atoms with Crippen LogP contribution in [0.5, 0.6) is 0 Å². The first-order chi connectivity index (χ1) is 22.0. The lowest BCUT2D eigenvalue weighted by molar-refractivity contribution is -0.136. The molecule has 3 aliphatic rings. The molecule has 0 bridgehead atoms. The second-order valence-corrected chi connectivity index (χ2v) is 14.2. The number of nitrogens with zero attached hydrogens (tertiary/aromatic N) is 5. The van der Waals surface area contributed by atoms with Crippen LogP contribution in [0, 0.1) is 5.92 Å². The van der Waals surface area contributed by atoms with Crippen LogP contribution in [-0.2, 0) is 18.1 Å². The van der Waals surface area contributed by atoms with Crippen LogP contribution in [0.2, 0.25) is 0 Å². The summed E-state index contributed by atoms with van der Waals surface area (Å²) < 4.78 is 45.7. The number of hydrazine groups is 1. The minimum atomic E-state index is -4.61. The average Bonchev–Trinajstić information content (AvgIpc) is 3.53. The molecule has 11 heteroatoms. The Morgan fingerprint density at radius 3 is 2.59 bits per heavy atom. The molecule has 1 unspecified atom stereocenters. The molecule has 2 saturated heterocycles. The van der Waals surface area contributed by atoms with E-state index in [4.69, 9.17) is 0 Å². The predicted molar refractivity (Wildman–Crippen MR) is 174 cm³/mol. The van der Waals surface area contributed by atoms with Crippen molar-refractivity contribution in [2.75, 3.05) is 33.4 Å². The number of unbranched alkanes of at least 4 members (excludes halogenated alkanes) is 4. The summed E-state index contributed by atoms with van der Waals surface area (Å²) in [6.07, 6.45) is 7.08. The Morgan fingerprint density at radius 2 is 1.87 bits per heavy atom. The zero-order valence-electron chi connectivity index (χ0n) is 27.4. The third-order valence-corrected chi connectivity index (χ3v) is 10.4. The largest absolute Gasteiger partial charge is 0.418 e. The Kier molecular flexibility index (Phi) is 9.70. The Labute approximate surface area is 269 Å². The number of rotatable bonds is 11. The number of fused-ring (bicyclic) bond motifs is 1. The van der Waals surface area contributed by atoms with Crippen LogP contribution in [-0.4, -0.2) is 74.5 Å². The Balaban J connectivity index is 1.30. The van der Waals surface area contributed by atoms with Crippen molar-refractivity contribution in [2.24, 2.45) is 5.92 Å². The van der Waals surface area contributed by atoms with Crippen molar-refractivity contribution in [1.82, 2.24) is 29.2 Å². The van der Waals surface area contributed by atoms with E-state index < -0.39 is 28.9 Å². The van der Waals surface area contributed by atoms with Crippen molar-refractivity contribution in [1.29, 1.82) is 0 Å². The first kappa shape index (κ1) is 33.2. The van der Waals surface area contributed by atoms with Crippen molar-refractivity contribution in [3.8, 4) is 5.69 Å². The van der Waals surface area contributed by atoms with Gasteiger partial charge in [0, 0.05) is 37.4 Å². The number of hydrogen-bond acceptors (Lipinski definition) is 6. The van der Waals surface area contributed by atoms with Gasteiger partial charge in [-0.05, 0) is 80.9 Å². The molecule has 4 heterocycles. The van der Waals surface area contributed by atoms with Crippen molar-refractivity contribution >= 4 is 5.52 Å². The summed E-state index contributed by atoms with van der Waals surface area (Å²) in [5, 5.41) is 12.8. The third-order valence-electron chi connectivity index (χ3n) is 10.4. The topological polar surface area (TPSA) is 68.4 Å². The number of hydrogen-bond donors (Lipinski definition) is 2. The molecule has 1 aromatic carbocycles. The molecule has 1 aliphatic carbocycles. The summed E-state index contributed by atoms with van der Waals surface area (Å²) in [5.41, 5.74) is 3.77. The van der Waals surface area contributed by atoms with E-state index in [0.717, 1.165) is 55.5 Å². The number of imidazole rings is 1. The second kappa shape index (κ2) is 13.4. The van der Waals surface area contributed by atoms with E-state index in [0.29, 0.717) is 36.6 Å². The van der Waals surface area contributed by atoms with Crippen LogP contribution >= 0.6 is 0 Å². The molecule has 0 radical (unpaired) electrons. The smallest absolute Gasteiger partial charge is 0.393 e. The van der Waals surface area contributed by atoms with E-state index in [-0.39, 0.29) is 11.7 Å². The van der Waals surface area contributed by atoms with Gasteiger partial charge in [0.25, 0.3) is 0 Å². The zero-order chi connectivity index (χ0) is 32.6. The predicted octanol–water partition coefficient (Wildman–Crippen LogP) is 5.74. The molecule has 6 rings (SSSR count). The molecule has 2 N–H and O–H groups in total. The van der Waals surface area contributed by atoms with Gasteiger partial charge in [0.1, 0.15) is 0 Å². The molecule has 3 aromatic rings. The normalized spacial score (nSPS) is 26.6. The number of pyridine rings is 1. The highest BCUT2D eigenvalue weighted by molar-refractivity contribution is 5.58. The summed E-state index contributed by atoms with van der Waals surface area (Å²) in [5.74, 6) is 0.494. The quantitative estimate of drug-likeness (QED) is 0.260. The molecule has 252 valence electrons. The van der Waals surface area contributed by atoms with Gasteiger partial charge in [0.2, 0.25) is 0 Å². The van der Waals surface area contributed by atoms with E-state index in [2.05, 4.69) is 41.1 Å². The lowest BCUT2D eigenvalue weighted by Gasteiger charge is -2.51. The van der Waals surface area contributed by atoms with Crippen LogP contribution in [0.4, 0.5) is 13.2 Å². The van der Waals surface area contributed by atoms with Gasteiger partial charge < -0.3 is 5.11 Å². The highest BCUT2D eigenvalue weighted by Gasteiger charge is 2.54. The van der Waals surface area contributed by atoms with Gasteiger partial charge >= 0.3 is 11.9 Å². The minimum absolute atomic E-state index is 0.0523. The highest BCUT2D eigenvalue weighted by atomic mass is 19.4. The van der Waals surface area contributed by atoms with Crippen molar-refractivity contribution in [2.45, 2.75) is 102 Å². The van der Waals surface area contributed by atoms with Gasteiger partial charge in [-0.15, -0.1) is 0 Å². The van der Waals surface area contributed by atoms with E-state index in [1.165, 1.54) is 42.5 Å². The fourth-order valence-electron chi connectivity index (χ4n) is 8.05. The molecule has 2 atom stereocenters. The van der Waals surface area contributed by atoms with Crippen LogP contribution in [0.15, 0.2) is 47.5 Å². The number of likely N-dealkylation sites (N-methyl/N-ethyl adjacent to an activating group) is 1. The van der Waals surface area contributed by atoms with E-state index in [1.54, 1.807) is 12.3 Å². The second-order valence-electron chi connectivity index (χ2n) is 14.2. The van der Waals surface area contributed by atoms with Gasteiger partial charge in [-0.1, -0.05) is 51.7 Å². The van der Waals surface area contributed by atoms with Crippen LogP contribution < -0.4 is 11.1 Å². The fraction of sp³-hybridized carbons (Fsp3) is 0.629. The molecule has 1 saturated carbocycles. The van der Waals surface area contributed by atoms with Gasteiger partial charge in [0.15, 0.2) is 0 Å². The number of alkyl halides is 3. The number of aliphatic hydroxyl groups is 1. The van der Waals surface area contributed by atoms with Gasteiger partial charge in [-0.2, -0.15) is 13.2 Å². The number of piperidine rings is 1. The average molecular weight is 643 g/mol. The van der Waals surface area contributed by atoms with E-state index >= 15 is 0 Å². The zero-order valence-corrected chi connectivity index (χ0v) is 27.4. The van der Waals surface area contributed by atoms with Gasteiger partial charge in [-0.25, -0.2) is 15.2 Å². The fourth-order valence-corrected chi connectivity index (χ4v) is 8.05. The summed E-state index contributed by atoms with van der Waals surface area (Å²) >= 11 is 0. The van der Waals surface area contributed by atoms with E-state index in [9.17, 15) is 23.1 Å². The van der Waals surface area contributed by atoms with Gasteiger partial charge in [-0.3, -0.25) is 18.8 Å². The molecule has 8 nitrogen and oxygen atoms in total. The molecule has 0 amide bonds. The van der Waals surface area contributed by atoms with Crippen molar-refractivity contribution in [3.63, 3.8) is 0 Å². The number of halogens is 3. The SMILES string of the molecule is CCCCCCCN1CN(C)C(C2(c3cccc(-n4cc5c(C(F)(F)F)cc(CN6CCC[C@H](C)C6)cn5c4=O)c3)CC(O)C2)N1. The van der Waals surface area contributed by atoms with Gasteiger partial charge in [0.05, 0.1) is 35.7 Å². The Hall–Kier alpha value is -2.70. The lowest BCUT2D eigenvalue weighted by atomic mass is 9.60. The Bertz CT molecular complexity index is 1560. The van der Waals surface area contributed by atoms with Crippen molar-refractivity contribution in [3.05, 3.63) is 69.9 Å².